The fourth-order valence-electron chi connectivity index (χ4n) is 2.08. The van der Waals surface area contributed by atoms with Crippen LogP contribution >= 0.6 is 0 Å². The van der Waals surface area contributed by atoms with Gasteiger partial charge in [0.1, 0.15) is 0 Å². The molecule has 0 radical (unpaired) electrons. The highest BCUT2D eigenvalue weighted by molar-refractivity contribution is 5.24. The molecule has 0 saturated heterocycles. The Kier molecular flexibility index (Phi) is 5.20. The zero-order valence-electron chi connectivity index (χ0n) is 11.7. The maximum Gasteiger partial charge on any atom is 0.0499 e. The molecule has 1 heteroatoms. The van der Waals surface area contributed by atoms with Crippen molar-refractivity contribution < 1.29 is 5.11 Å². The Labute approximate surface area is 106 Å². The van der Waals surface area contributed by atoms with Crippen molar-refractivity contribution in [3.63, 3.8) is 0 Å². The topological polar surface area (TPSA) is 20.2 Å². The Morgan fingerprint density at radius 2 is 1.71 bits per heavy atom. The third-order valence-corrected chi connectivity index (χ3v) is 3.25. The number of aliphatic hydroxyl groups excluding tert-OH is 1. The first-order valence-corrected chi connectivity index (χ1v) is 6.60. The van der Waals surface area contributed by atoms with E-state index in [-0.39, 0.29) is 6.61 Å². The Balaban J connectivity index is 2.51. The van der Waals surface area contributed by atoms with E-state index in [0.717, 1.165) is 6.42 Å². The summed E-state index contributed by atoms with van der Waals surface area (Å²) in [6.07, 6.45) is 3.48. The SMILES string of the molecule is Cc1ccc(C(CO)CCCC(C)(C)C)cc1. The predicted molar refractivity (Wildman–Crippen MR) is 74.3 cm³/mol. The van der Waals surface area contributed by atoms with Gasteiger partial charge < -0.3 is 5.11 Å². The highest BCUT2D eigenvalue weighted by Crippen LogP contribution is 2.27. The summed E-state index contributed by atoms with van der Waals surface area (Å²) in [6, 6.07) is 8.55. The van der Waals surface area contributed by atoms with E-state index in [2.05, 4.69) is 52.0 Å². The lowest BCUT2D eigenvalue weighted by molar-refractivity contribution is 0.250. The van der Waals surface area contributed by atoms with Crippen molar-refractivity contribution in [2.24, 2.45) is 5.41 Å². The molecule has 1 N–H and O–H groups in total. The third-order valence-electron chi connectivity index (χ3n) is 3.25. The Morgan fingerprint density at radius 3 is 2.18 bits per heavy atom. The van der Waals surface area contributed by atoms with Gasteiger partial charge in [-0.3, -0.25) is 0 Å². The van der Waals surface area contributed by atoms with Gasteiger partial charge in [-0.25, -0.2) is 0 Å². The molecule has 1 rings (SSSR count). The van der Waals surface area contributed by atoms with Gasteiger partial charge in [0.25, 0.3) is 0 Å². The first-order chi connectivity index (χ1) is 7.92. The summed E-state index contributed by atoms with van der Waals surface area (Å²) in [5.41, 5.74) is 2.94. The molecule has 0 spiro atoms. The predicted octanol–water partition coefficient (Wildman–Crippen LogP) is 4.29. The monoisotopic (exact) mass is 234 g/mol. The van der Waals surface area contributed by atoms with E-state index in [9.17, 15) is 5.11 Å². The van der Waals surface area contributed by atoms with E-state index in [4.69, 9.17) is 0 Å². The van der Waals surface area contributed by atoms with Gasteiger partial charge in [-0.15, -0.1) is 0 Å². The van der Waals surface area contributed by atoms with Crippen molar-refractivity contribution in [2.45, 2.75) is 52.9 Å². The molecule has 17 heavy (non-hydrogen) atoms. The average Bonchev–Trinajstić information content (AvgIpc) is 2.24. The molecule has 0 amide bonds. The Morgan fingerprint density at radius 1 is 1.12 bits per heavy atom. The molecule has 0 aliphatic heterocycles. The molecular formula is C16H26O. The van der Waals surface area contributed by atoms with Crippen LogP contribution in [0.15, 0.2) is 24.3 Å². The van der Waals surface area contributed by atoms with Crippen LogP contribution < -0.4 is 0 Å². The molecule has 0 heterocycles. The van der Waals surface area contributed by atoms with Gasteiger partial charge in [0.2, 0.25) is 0 Å². The van der Waals surface area contributed by atoms with Crippen LogP contribution in [0.2, 0.25) is 0 Å². The number of benzene rings is 1. The summed E-state index contributed by atoms with van der Waals surface area (Å²) < 4.78 is 0. The van der Waals surface area contributed by atoms with E-state index in [1.54, 1.807) is 0 Å². The minimum absolute atomic E-state index is 0.257. The second kappa shape index (κ2) is 6.20. The van der Waals surface area contributed by atoms with Crippen LogP contribution in [-0.4, -0.2) is 11.7 Å². The van der Waals surface area contributed by atoms with Gasteiger partial charge in [0.05, 0.1) is 0 Å². The molecule has 1 atom stereocenters. The van der Waals surface area contributed by atoms with Crippen molar-refractivity contribution in [3.8, 4) is 0 Å². The van der Waals surface area contributed by atoms with E-state index in [1.807, 2.05) is 0 Å². The van der Waals surface area contributed by atoms with Gasteiger partial charge in [-0.1, -0.05) is 57.0 Å². The number of rotatable bonds is 5. The quantitative estimate of drug-likeness (QED) is 0.806. The number of aryl methyl sites for hydroxylation is 1. The second-order valence-corrected chi connectivity index (χ2v) is 6.24. The van der Waals surface area contributed by atoms with Crippen molar-refractivity contribution >= 4 is 0 Å². The maximum atomic E-state index is 9.48. The molecule has 1 unspecified atom stereocenters. The Bertz CT molecular complexity index is 318. The zero-order chi connectivity index (χ0) is 12.9. The van der Waals surface area contributed by atoms with Crippen molar-refractivity contribution in [1.29, 1.82) is 0 Å². The standard InChI is InChI=1S/C16H26O/c1-13-7-9-14(10-8-13)15(12-17)6-5-11-16(2,3)4/h7-10,15,17H,5-6,11-12H2,1-4H3. The van der Waals surface area contributed by atoms with E-state index in [1.165, 1.54) is 24.0 Å². The van der Waals surface area contributed by atoms with Crippen LogP contribution in [0, 0.1) is 12.3 Å². The highest BCUT2D eigenvalue weighted by Gasteiger charge is 2.14. The lowest BCUT2D eigenvalue weighted by Gasteiger charge is -2.20. The summed E-state index contributed by atoms with van der Waals surface area (Å²) in [7, 11) is 0. The number of hydrogen-bond donors (Lipinski definition) is 1. The molecule has 0 fully saturated rings. The molecular weight excluding hydrogens is 208 g/mol. The van der Waals surface area contributed by atoms with Crippen LogP contribution in [0.3, 0.4) is 0 Å². The minimum atomic E-state index is 0.257. The van der Waals surface area contributed by atoms with Gasteiger partial charge >= 0.3 is 0 Å². The van der Waals surface area contributed by atoms with Gasteiger partial charge in [0, 0.05) is 12.5 Å². The minimum Gasteiger partial charge on any atom is -0.396 e. The van der Waals surface area contributed by atoms with Crippen LogP contribution in [-0.2, 0) is 0 Å². The fraction of sp³-hybridized carbons (Fsp3) is 0.625. The van der Waals surface area contributed by atoms with Crippen LogP contribution in [0.5, 0.6) is 0 Å². The summed E-state index contributed by atoms with van der Waals surface area (Å²) in [4.78, 5) is 0. The van der Waals surface area contributed by atoms with Gasteiger partial charge in [-0.05, 0) is 30.7 Å². The highest BCUT2D eigenvalue weighted by atomic mass is 16.3. The molecule has 96 valence electrons. The first kappa shape index (κ1) is 14.2. The zero-order valence-corrected chi connectivity index (χ0v) is 11.7. The first-order valence-electron chi connectivity index (χ1n) is 6.60. The van der Waals surface area contributed by atoms with Crippen LogP contribution in [0.1, 0.15) is 57.1 Å². The largest absolute Gasteiger partial charge is 0.396 e. The van der Waals surface area contributed by atoms with Crippen LogP contribution in [0.4, 0.5) is 0 Å². The average molecular weight is 234 g/mol. The third kappa shape index (κ3) is 5.36. The molecule has 0 bridgehead atoms. The van der Waals surface area contributed by atoms with Gasteiger partial charge in [-0.2, -0.15) is 0 Å². The smallest absolute Gasteiger partial charge is 0.0499 e. The van der Waals surface area contributed by atoms with Gasteiger partial charge in [0.15, 0.2) is 0 Å². The summed E-state index contributed by atoms with van der Waals surface area (Å²) in [5, 5.41) is 9.48. The van der Waals surface area contributed by atoms with E-state index in [0.29, 0.717) is 11.3 Å². The lowest BCUT2D eigenvalue weighted by Crippen LogP contribution is -2.08. The van der Waals surface area contributed by atoms with E-state index < -0.39 is 0 Å². The molecule has 0 aliphatic carbocycles. The second-order valence-electron chi connectivity index (χ2n) is 6.24. The molecule has 1 aromatic carbocycles. The summed E-state index contributed by atoms with van der Waals surface area (Å²) >= 11 is 0. The molecule has 0 aliphatic rings. The summed E-state index contributed by atoms with van der Waals surface area (Å²) in [5.74, 6) is 0.304. The Hall–Kier alpha value is -0.820. The maximum absolute atomic E-state index is 9.48. The number of aliphatic hydroxyl groups is 1. The van der Waals surface area contributed by atoms with Crippen LogP contribution in [0.25, 0.3) is 0 Å². The number of hydrogen-bond acceptors (Lipinski definition) is 1. The van der Waals surface area contributed by atoms with Crippen molar-refractivity contribution in [2.75, 3.05) is 6.61 Å². The van der Waals surface area contributed by atoms with Crippen molar-refractivity contribution in [1.82, 2.24) is 0 Å². The fourth-order valence-corrected chi connectivity index (χ4v) is 2.08. The van der Waals surface area contributed by atoms with E-state index >= 15 is 0 Å². The molecule has 0 aromatic heterocycles. The molecule has 0 saturated carbocycles. The van der Waals surface area contributed by atoms with Crippen molar-refractivity contribution in [3.05, 3.63) is 35.4 Å². The summed E-state index contributed by atoms with van der Waals surface area (Å²) in [6.45, 7) is 9.16. The lowest BCUT2D eigenvalue weighted by atomic mass is 9.86. The molecule has 1 aromatic rings. The normalized spacial score (nSPS) is 13.7. The molecule has 1 nitrogen and oxygen atoms in total.